The van der Waals surface area contributed by atoms with E-state index in [-0.39, 0.29) is 18.0 Å². The topological polar surface area (TPSA) is 93.9 Å². The van der Waals surface area contributed by atoms with Crippen molar-refractivity contribution in [2.45, 2.75) is 25.9 Å². The molecule has 1 atom stereocenters. The Morgan fingerprint density at radius 2 is 2.19 bits per heavy atom. The smallest absolute Gasteiger partial charge is 0.314 e. The van der Waals surface area contributed by atoms with Gasteiger partial charge in [0.25, 0.3) is 0 Å². The predicted octanol–water partition coefficient (Wildman–Crippen LogP) is 1.73. The van der Waals surface area contributed by atoms with Gasteiger partial charge in [0.2, 0.25) is 0 Å². The Bertz CT molecular complexity index is 476. The Balaban J connectivity index is 2.72. The SMILES string of the molecule is CCCNCC(C)(O)COc1ccc(OC)cc1[N+](=O)[O-]. The van der Waals surface area contributed by atoms with Gasteiger partial charge in [0.05, 0.1) is 18.1 Å². The molecular weight excluding hydrogens is 276 g/mol. The van der Waals surface area contributed by atoms with Crippen molar-refractivity contribution in [3.05, 3.63) is 28.3 Å². The molecule has 1 aromatic rings. The molecule has 0 amide bonds. The van der Waals surface area contributed by atoms with Crippen LogP contribution in [0.4, 0.5) is 5.69 Å². The van der Waals surface area contributed by atoms with Gasteiger partial charge in [-0.2, -0.15) is 0 Å². The van der Waals surface area contributed by atoms with E-state index >= 15 is 0 Å². The molecule has 118 valence electrons. The second-order valence-electron chi connectivity index (χ2n) is 5.05. The average Bonchev–Trinajstić information content (AvgIpc) is 2.45. The maximum absolute atomic E-state index is 11.0. The standard InChI is InChI=1S/C14H22N2O5/c1-4-7-15-9-14(2,17)10-21-13-6-5-11(20-3)8-12(13)16(18)19/h5-6,8,15,17H,4,7,9-10H2,1-3H3. The van der Waals surface area contributed by atoms with Crippen molar-refractivity contribution in [3.8, 4) is 11.5 Å². The first-order valence-corrected chi connectivity index (χ1v) is 6.78. The van der Waals surface area contributed by atoms with Crippen molar-refractivity contribution in [2.75, 3.05) is 26.8 Å². The van der Waals surface area contributed by atoms with Crippen LogP contribution in [0, 0.1) is 10.1 Å². The quantitative estimate of drug-likeness (QED) is 0.410. The van der Waals surface area contributed by atoms with Crippen LogP contribution in [-0.4, -0.2) is 42.4 Å². The summed E-state index contributed by atoms with van der Waals surface area (Å²) in [5.41, 5.74) is -1.30. The number of nitrogens with one attached hydrogen (secondary N) is 1. The van der Waals surface area contributed by atoms with Gasteiger partial charge in [0.15, 0.2) is 5.75 Å². The van der Waals surface area contributed by atoms with Crippen molar-refractivity contribution < 1.29 is 19.5 Å². The highest BCUT2D eigenvalue weighted by atomic mass is 16.6. The Kier molecular flexibility index (Phi) is 6.39. The maximum Gasteiger partial charge on any atom is 0.314 e. The van der Waals surface area contributed by atoms with Crippen LogP contribution in [-0.2, 0) is 0 Å². The van der Waals surface area contributed by atoms with Crippen molar-refractivity contribution in [3.63, 3.8) is 0 Å². The minimum absolute atomic E-state index is 0.0448. The maximum atomic E-state index is 11.0. The van der Waals surface area contributed by atoms with Gasteiger partial charge in [0, 0.05) is 6.54 Å². The fourth-order valence-electron chi connectivity index (χ4n) is 1.71. The Hall–Kier alpha value is -1.86. The molecule has 0 heterocycles. The first-order chi connectivity index (χ1) is 9.89. The van der Waals surface area contributed by atoms with Gasteiger partial charge in [-0.25, -0.2) is 0 Å². The molecule has 1 rings (SSSR count). The molecule has 0 spiro atoms. The van der Waals surface area contributed by atoms with Crippen LogP contribution in [0.25, 0.3) is 0 Å². The van der Waals surface area contributed by atoms with Gasteiger partial charge >= 0.3 is 5.69 Å². The lowest BCUT2D eigenvalue weighted by Crippen LogP contribution is -2.43. The molecule has 1 unspecified atom stereocenters. The van der Waals surface area contributed by atoms with Gasteiger partial charge in [0.1, 0.15) is 18.0 Å². The van der Waals surface area contributed by atoms with Crippen LogP contribution in [0.1, 0.15) is 20.3 Å². The lowest BCUT2D eigenvalue weighted by molar-refractivity contribution is -0.386. The summed E-state index contributed by atoms with van der Waals surface area (Å²) in [7, 11) is 1.43. The minimum atomic E-state index is -1.11. The summed E-state index contributed by atoms with van der Waals surface area (Å²) in [6.45, 7) is 4.74. The molecule has 0 radical (unpaired) electrons. The van der Waals surface area contributed by atoms with E-state index in [9.17, 15) is 15.2 Å². The number of rotatable bonds is 9. The molecule has 21 heavy (non-hydrogen) atoms. The summed E-state index contributed by atoms with van der Waals surface area (Å²) < 4.78 is 10.4. The lowest BCUT2D eigenvalue weighted by atomic mass is 10.1. The number of nitrogens with zero attached hydrogens (tertiary/aromatic N) is 1. The molecule has 0 saturated heterocycles. The molecule has 7 heteroatoms. The molecule has 0 aromatic heterocycles. The van der Waals surface area contributed by atoms with Gasteiger partial charge in [-0.05, 0) is 32.0 Å². The molecule has 0 fully saturated rings. The van der Waals surface area contributed by atoms with Gasteiger partial charge < -0.3 is 19.9 Å². The third-order valence-corrected chi connectivity index (χ3v) is 2.83. The highest BCUT2D eigenvalue weighted by Crippen LogP contribution is 2.31. The van der Waals surface area contributed by atoms with Crippen LogP contribution in [0.2, 0.25) is 0 Å². The number of methoxy groups -OCH3 is 1. The third kappa shape index (κ3) is 5.57. The van der Waals surface area contributed by atoms with E-state index in [0.717, 1.165) is 13.0 Å². The summed E-state index contributed by atoms with van der Waals surface area (Å²) in [6, 6.07) is 4.33. The summed E-state index contributed by atoms with van der Waals surface area (Å²) >= 11 is 0. The van der Waals surface area contributed by atoms with Crippen LogP contribution >= 0.6 is 0 Å². The van der Waals surface area contributed by atoms with Crippen molar-refractivity contribution >= 4 is 5.69 Å². The third-order valence-electron chi connectivity index (χ3n) is 2.83. The van der Waals surface area contributed by atoms with E-state index in [1.165, 1.54) is 19.2 Å². The Morgan fingerprint density at radius 3 is 2.76 bits per heavy atom. The summed E-state index contributed by atoms with van der Waals surface area (Å²) in [6.07, 6.45) is 0.959. The zero-order valence-corrected chi connectivity index (χ0v) is 12.6. The van der Waals surface area contributed by atoms with E-state index in [2.05, 4.69) is 5.32 Å². The molecule has 0 saturated carbocycles. The van der Waals surface area contributed by atoms with Crippen LogP contribution in [0.3, 0.4) is 0 Å². The van der Waals surface area contributed by atoms with E-state index in [1.807, 2.05) is 6.92 Å². The molecule has 7 nitrogen and oxygen atoms in total. The molecule has 0 aliphatic heterocycles. The normalized spacial score (nSPS) is 13.5. The molecule has 0 bridgehead atoms. The lowest BCUT2D eigenvalue weighted by Gasteiger charge is -2.23. The first-order valence-electron chi connectivity index (χ1n) is 6.78. The zero-order chi connectivity index (χ0) is 15.9. The highest BCUT2D eigenvalue weighted by Gasteiger charge is 2.24. The fraction of sp³-hybridized carbons (Fsp3) is 0.571. The van der Waals surface area contributed by atoms with E-state index in [4.69, 9.17) is 9.47 Å². The summed E-state index contributed by atoms with van der Waals surface area (Å²) in [5, 5.41) is 24.3. The number of hydrogen-bond acceptors (Lipinski definition) is 6. The molecule has 2 N–H and O–H groups in total. The number of ether oxygens (including phenoxy) is 2. The van der Waals surface area contributed by atoms with E-state index in [0.29, 0.717) is 12.3 Å². The molecule has 1 aromatic carbocycles. The molecular formula is C14H22N2O5. The average molecular weight is 298 g/mol. The fourth-order valence-corrected chi connectivity index (χ4v) is 1.71. The van der Waals surface area contributed by atoms with Crippen LogP contribution < -0.4 is 14.8 Å². The number of hydrogen-bond donors (Lipinski definition) is 2. The number of aliphatic hydroxyl groups is 1. The van der Waals surface area contributed by atoms with Crippen molar-refractivity contribution in [1.29, 1.82) is 0 Å². The number of benzene rings is 1. The van der Waals surface area contributed by atoms with Crippen LogP contribution in [0.5, 0.6) is 11.5 Å². The monoisotopic (exact) mass is 298 g/mol. The van der Waals surface area contributed by atoms with Crippen molar-refractivity contribution in [2.24, 2.45) is 0 Å². The van der Waals surface area contributed by atoms with Gasteiger partial charge in [-0.1, -0.05) is 6.92 Å². The Labute approximate surface area is 124 Å². The zero-order valence-electron chi connectivity index (χ0n) is 12.6. The minimum Gasteiger partial charge on any atom is -0.496 e. The second-order valence-corrected chi connectivity index (χ2v) is 5.05. The summed E-state index contributed by atoms with van der Waals surface area (Å²) in [5.74, 6) is 0.488. The molecule has 0 aliphatic carbocycles. The number of nitro groups is 1. The predicted molar refractivity (Wildman–Crippen MR) is 78.9 cm³/mol. The summed E-state index contributed by atoms with van der Waals surface area (Å²) in [4.78, 5) is 10.5. The Morgan fingerprint density at radius 1 is 1.48 bits per heavy atom. The largest absolute Gasteiger partial charge is 0.496 e. The molecule has 0 aliphatic rings. The van der Waals surface area contributed by atoms with Gasteiger partial charge in [-0.3, -0.25) is 10.1 Å². The van der Waals surface area contributed by atoms with Gasteiger partial charge in [-0.15, -0.1) is 0 Å². The van der Waals surface area contributed by atoms with E-state index in [1.54, 1.807) is 13.0 Å². The first kappa shape index (κ1) is 17.2. The van der Waals surface area contributed by atoms with E-state index < -0.39 is 10.5 Å². The second kappa shape index (κ2) is 7.80. The number of nitro benzene ring substituents is 1. The van der Waals surface area contributed by atoms with Crippen molar-refractivity contribution in [1.82, 2.24) is 5.32 Å². The highest BCUT2D eigenvalue weighted by molar-refractivity contribution is 5.50. The van der Waals surface area contributed by atoms with Crippen LogP contribution in [0.15, 0.2) is 18.2 Å².